The van der Waals surface area contributed by atoms with Gasteiger partial charge in [0.1, 0.15) is 5.82 Å². The Balaban J connectivity index is 1.65. The van der Waals surface area contributed by atoms with Crippen LogP contribution in [-0.2, 0) is 20.3 Å². The van der Waals surface area contributed by atoms with Crippen molar-refractivity contribution in [2.45, 2.75) is 56.6 Å². The quantitative estimate of drug-likeness (QED) is 0.615. The molecular formula is C24H33N5O4S. The van der Waals surface area contributed by atoms with E-state index < -0.39 is 9.84 Å². The van der Waals surface area contributed by atoms with E-state index in [0.717, 1.165) is 31.2 Å². The molecule has 2 amide bonds. The third kappa shape index (κ3) is 5.85. The van der Waals surface area contributed by atoms with Crippen molar-refractivity contribution in [3.05, 3.63) is 36.0 Å². The molecule has 4 rings (SSSR count). The van der Waals surface area contributed by atoms with Gasteiger partial charge in [-0.3, -0.25) is 0 Å². The highest BCUT2D eigenvalue weighted by atomic mass is 32.2. The van der Waals surface area contributed by atoms with E-state index in [1.165, 1.54) is 0 Å². The molecule has 2 fully saturated rings. The molecule has 10 heteroatoms. The molecule has 1 saturated carbocycles. The van der Waals surface area contributed by atoms with Gasteiger partial charge in [0.2, 0.25) is 0 Å². The lowest BCUT2D eigenvalue weighted by atomic mass is 10.2. The van der Waals surface area contributed by atoms with E-state index in [2.05, 4.69) is 27.4 Å². The second-order valence-electron chi connectivity index (χ2n) is 8.93. The molecule has 2 N–H and O–H groups in total. The van der Waals surface area contributed by atoms with Crippen LogP contribution < -0.4 is 15.5 Å². The minimum atomic E-state index is -3.29. The van der Waals surface area contributed by atoms with Gasteiger partial charge in [-0.05, 0) is 51.0 Å². The van der Waals surface area contributed by atoms with Crippen molar-refractivity contribution in [1.29, 1.82) is 0 Å². The summed E-state index contributed by atoms with van der Waals surface area (Å²) in [6.45, 7) is 6.33. The van der Waals surface area contributed by atoms with Crippen molar-refractivity contribution < 1.29 is 17.9 Å². The molecule has 9 nitrogen and oxygen atoms in total. The Hall–Kier alpha value is -2.72. The zero-order valence-electron chi connectivity index (χ0n) is 19.8. The first-order valence-electron chi connectivity index (χ1n) is 11.9. The number of sulfone groups is 1. The zero-order chi connectivity index (χ0) is 24.1. The molecule has 1 aromatic heterocycles. The summed E-state index contributed by atoms with van der Waals surface area (Å²) >= 11 is 0. The van der Waals surface area contributed by atoms with E-state index in [1.54, 1.807) is 12.1 Å². The zero-order valence-corrected chi connectivity index (χ0v) is 20.6. The average molecular weight is 488 g/mol. The molecule has 2 aliphatic rings. The molecule has 0 unspecified atom stereocenters. The first kappa shape index (κ1) is 24.4. The fourth-order valence-electron chi connectivity index (χ4n) is 4.51. The molecule has 0 spiro atoms. The van der Waals surface area contributed by atoms with Gasteiger partial charge in [-0.1, -0.05) is 12.8 Å². The van der Waals surface area contributed by atoms with Gasteiger partial charge in [0.25, 0.3) is 0 Å². The smallest absolute Gasteiger partial charge is 0.319 e. The maximum absolute atomic E-state index is 13.1. The lowest BCUT2D eigenvalue weighted by molar-refractivity contribution is 0.0985. The number of morpholine rings is 1. The van der Waals surface area contributed by atoms with Crippen LogP contribution in [0.4, 0.5) is 16.3 Å². The number of nitrogens with one attached hydrogen (secondary N) is 2. The molecule has 0 radical (unpaired) electrons. The Labute approximate surface area is 201 Å². The number of nitrogens with zero attached hydrogens (tertiary/aromatic N) is 3. The summed E-state index contributed by atoms with van der Waals surface area (Å²) in [4.78, 5) is 23.4. The normalized spacial score (nSPS) is 19.2. The summed E-state index contributed by atoms with van der Waals surface area (Å²) in [5.41, 5.74) is 1.91. The maximum Gasteiger partial charge on any atom is 0.319 e. The van der Waals surface area contributed by atoms with Crippen LogP contribution in [0.2, 0.25) is 0 Å². The topological polar surface area (TPSA) is 114 Å². The largest absolute Gasteiger partial charge is 0.377 e. The average Bonchev–Trinajstić information content (AvgIpc) is 3.36. The summed E-state index contributed by atoms with van der Waals surface area (Å²) in [5, 5.41) is 5.18. The minimum Gasteiger partial charge on any atom is -0.377 e. The molecule has 1 aliphatic heterocycles. The van der Waals surface area contributed by atoms with Crippen LogP contribution in [0.5, 0.6) is 0 Å². The van der Waals surface area contributed by atoms with Crippen molar-refractivity contribution in [1.82, 2.24) is 15.3 Å². The fraction of sp³-hybridized carbons (Fsp3) is 0.542. The van der Waals surface area contributed by atoms with Gasteiger partial charge < -0.3 is 20.3 Å². The lowest BCUT2D eigenvalue weighted by Crippen LogP contribution is -2.44. The van der Waals surface area contributed by atoms with Gasteiger partial charge in [0, 0.05) is 30.4 Å². The minimum absolute atomic E-state index is 0.0876. The number of carbonyl (C=O) groups is 1. The molecular weight excluding hydrogens is 454 g/mol. The predicted octanol–water partition coefficient (Wildman–Crippen LogP) is 3.37. The van der Waals surface area contributed by atoms with Gasteiger partial charge in [0.05, 0.1) is 36.0 Å². The molecule has 34 heavy (non-hydrogen) atoms. The Morgan fingerprint density at radius 3 is 2.59 bits per heavy atom. The van der Waals surface area contributed by atoms with E-state index >= 15 is 0 Å². The SMILES string of the molecule is CCNC(=O)Nc1ccc(-c2nc(CS(=O)(=O)C3CCCC3)cc(N3CCOC[C@@H]3C)n2)cc1. The first-order valence-corrected chi connectivity index (χ1v) is 13.7. The summed E-state index contributed by atoms with van der Waals surface area (Å²) in [6, 6.07) is 8.90. The number of hydrogen-bond acceptors (Lipinski definition) is 7. The van der Waals surface area contributed by atoms with Crippen molar-refractivity contribution >= 4 is 27.4 Å². The van der Waals surface area contributed by atoms with Gasteiger partial charge in [-0.25, -0.2) is 23.2 Å². The number of carbonyl (C=O) groups excluding carboxylic acids is 1. The number of urea groups is 1. The van der Waals surface area contributed by atoms with E-state index in [1.807, 2.05) is 25.1 Å². The second kappa shape index (κ2) is 10.7. The summed E-state index contributed by atoms with van der Waals surface area (Å²) in [7, 11) is -3.29. The molecule has 1 atom stereocenters. The molecule has 1 aliphatic carbocycles. The monoisotopic (exact) mass is 487 g/mol. The highest BCUT2D eigenvalue weighted by Crippen LogP contribution is 2.29. The van der Waals surface area contributed by atoms with E-state index in [-0.39, 0.29) is 23.1 Å². The third-order valence-corrected chi connectivity index (χ3v) is 8.51. The summed E-state index contributed by atoms with van der Waals surface area (Å²) in [6.07, 6.45) is 3.39. The van der Waals surface area contributed by atoms with Crippen molar-refractivity contribution in [3.63, 3.8) is 0 Å². The van der Waals surface area contributed by atoms with Crippen molar-refractivity contribution in [2.24, 2.45) is 0 Å². The molecule has 0 bridgehead atoms. The first-order chi connectivity index (χ1) is 16.4. The summed E-state index contributed by atoms with van der Waals surface area (Å²) in [5.74, 6) is 1.09. The Bertz CT molecular complexity index is 1100. The maximum atomic E-state index is 13.1. The Kier molecular flexibility index (Phi) is 7.67. The number of rotatable bonds is 7. The molecule has 2 aromatic rings. The number of benzene rings is 1. The van der Waals surface area contributed by atoms with Crippen LogP contribution in [0.15, 0.2) is 30.3 Å². The highest BCUT2D eigenvalue weighted by molar-refractivity contribution is 7.91. The molecule has 1 aromatic carbocycles. The molecule has 184 valence electrons. The van der Waals surface area contributed by atoms with Crippen LogP contribution in [0.25, 0.3) is 11.4 Å². The number of hydrogen-bond donors (Lipinski definition) is 2. The van der Waals surface area contributed by atoms with Crippen LogP contribution in [0, 0.1) is 0 Å². The van der Waals surface area contributed by atoms with Gasteiger partial charge in [-0.15, -0.1) is 0 Å². The third-order valence-electron chi connectivity index (χ3n) is 6.33. The Morgan fingerprint density at radius 2 is 1.91 bits per heavy atom. The lowest BCUT2D eigenvalue weighted by Gasteiger charge is -2.34. The van der Waals surface area contributed by atoms with Gasteiger partial charge in [-0.2, -0.15) is 0 Å². The van der Waals surface area contributed by atoms with Gasteiger partial charge >= 0.3 is 6.03 Å². The number of aromatic nitrogens is 2. The summed E-state index contributed by atoms with van der Waals surface area (Å²) < 4.78 is 31.7. The molecule has 1 saturated heterocycles. The van der Waals surface area contributed by atoms with Crippen molar-refractivity contribution in [2.75, 3.05) is 36.5 Å². The van der Waals surface area contributed by atoms with Crippen LogP contribution in [0.3, 0.4) is 0 Å². The Morgan fingerprint density at radius 1 is 1.18 bits per heavy atom. The van der Waals surface area contributed by atoms with E-state index in [0.29, 0.717) is 49.3 Å². The highest BCUT2D eigenvalue weighted by Gasteiger charge is 2.30. The second-order valence-corrected chi connectivity index (χ2v) is 11.2. The predicted molar refractivity (Wildman–Crippen MR) is 133 cm³/mol. The van der Waals surface area contributed by atoms with Crippen LogP contribution in [0.1, 0.15) is 45.2 Å². The fourth-order valence-corrected chi connectivity index (χ4v) is 6.36. The number of amides is 2. The van der Waals surface area contributed by atoms with Gasteiger partial charge in [0.15, 0.2) is 15.7 Å². The molecule has 2 heterocycles. The van der Waals surface area contributed by atoms with Crippen molar-refractivity contribution in [3.8, 4) is 11.4 Å². The standard InChI is InChI=1S/C24H33N5O4S/c1-3-25-24(30)27-19-10-8-18(9-11-19)23-26-20(16-34(31,32)21-6-4-5-7-21)14-22(28-23)29-12-13-33-15-17(29)2/h8-11,14,17,21H,3-7,12-13,15-16H2,1-2H3,(H2,25,27,30)/t17-/m0/s1. The van der Waals surface area contributed by atoms with E-state index in [9.17, 15) is 13.2 Å². The number of ether oxygens (including phenoxy) is 1. The van der Waals surface area contributed by atoms with Crippen LogP contribution >= 0.6 is 0 Å². The van der Waals surface area contributed by atoms with Crippen LogP contribution in [-0.4, -0.2) is 62.0 Å². The van der Waals surface area contributed by atoms with E-state index in [4.69, 9.17) is 9.72 Å². The number of anilines is 2.